The lowest BCUT2D eigenvalue weighted by molar-refractivity contribution is 0.185. The fourth-order valence-electron chi connectivity index (χ4n) is 2.22. The van der Waals surface area contributed by atoms with Crippen molar-refractivity contribution in [3.63, 3.8) is 0 Å². The average Bonchev–Trinajstić information content (AvgIpc) is 2.39. The highest BCUT2D eigenvalue weighted by atomic mass is 35.5. The van der Waals surface area contributed by atoms with E-state index in [1.807, 2.05) is 6.07 Å². The Morgan fingerprint density at radius 3 is 2.56 bits per heavy atom. The van der Waals surface area contributed by atoms with Crippen LogP contribution in [-0.2, 0) is 0 Å². The van der Waals surface area contributed by atoms with Gasteiger partial charge in [0.1, 0.15) is 0 Å². The minimum atomic E-state index is -0.285. The molecule has 0 aliphatic carbocycles. The van der Waals surface area contributed by atoms with E-state index in [4.69, 9.17) is 4.74 Å². The lowest BCUT2D eigenvalue weighted by atomic mass is 10.1. The number of piperazine rings is 1. The van der Waals surface area contributed by atoms with Gasteiger partial charge in [0.25, 0.3) is 0 Å². The van der Waals surface area contributed by atoms with Gasteiger partial charge in [0.15, 0.2) is 11.6 Å². The lowest BCUT2D eigenvalue weighted by Gasteiger charge is -2.33. The summed E-state index contributed by atoms with van der Waals surface area (Å²) in [4.78, 5) is 2.36. The Labute approximate surface area is 114 Å². The Hall–Kier alpha value is -0.840. The van der Waals surface area contributed by atoms with Gasteiger partial charge in [-0.25, -0.2) is 4.39 Å². The van der Waals surface area contributed by atoms with Crippen LogP contribution < -0.4 is 10.1 Å². The predicted molar refractivity (Wildman–Crippen MR) is 73.1 cm³/mol. The second-order valence-corrected chi connectivity index (χ2v) is 4.36. The highest BCUT2D eigenvalue weighted by molar-refractivity contribution is 5.85. The molecule has 0 aromatic heterocycles. The normalized spacial score (nSPS) is 17.9. The highest BCUT2D eigenvalue weighted by Crippen LogP contribution is 2.25. The van der Waals surface area contributed by atoms with Crippen molar-refractivity contribution in [1.82, 2.24) is 10.2 Å². The quantitative estimate of drug-likeness (QED) is 0.915. The zero-order chi connectivity index (χ0) is 12.3. The van der Waals surface area contributed by atoms with Crippen LogP contribution in [0.2, 0.25) is 0 Å². The third kappa shape index (κ3) is 3.34. The third-order valence-corrected chi connectivity index (χ3v) is 3.36. The minimum absolute atomic E-state index is 0. The summed E-state index contributed by atoms with van der Waals surface area (Å²) in [5.41, 5.74) is 1.00. The molecule has 1 saturated heterocycles. The SMILES string of the molecule is COc1ccc([C@H](C)N2CCNCC2)cc1F.Cl. The second kappa shape index (κ2) is 6.92. The monoisotopic (exact) mass is 274 g/mol. The van der Waals surface area contributed by atoms with Crippen LogP contribution in [0.15, 0.2) is 18.2 Å². The van der Waals surface area contributed by atoms with E-state index in [-0.39, 0.29) is 24.3 Å². The Balaban J connectivity index is 0.00000162. The van der Waals surface area contributed by atoms with E-state index in [0.717, 1.165) is 31.7 Å². The fourth-order valence-corrected chi connectivity index (χ4v) is 2.22. The summed E-state index contributed by atoms with van der Waals surface area (Å²) in [6.45, 7) is 6.14. The maximum absolute atomic E-state index is 13.6. The molecule has 1 N–H and O–H groups in total. The number of methoxy groups -OCH3 is 1. The summed E-state index contributed by atoms with van der Waals surface area (Å²) < 4.78 is 18.5. The first-order valence-corrected chi connectivity index (χ1v) is 6.00. The van der Waals surface area contributed by atoms with E-state index in [1.165, 1.54) is 7.11 Å². The van der Waals surface area contributed by atoms with Crippen LogP contribution in [0.3, 0.4) is 0 Å². The summed E-state index contributed by atoms with van der Waals surface area (Å²) in [6, 6.07) is 5.46. The molecule has 0 unspecified atom stereocenters. The van der Waals surface area contributed by atoms with Crippen molar-refractivity contribution in [3.8, 4) is 5.75 Å². The van der Waals surface area contributed by atoms with Crippen molar-refractivity contribution in [1.29, 1.82) is 0 Å². The molecule has 1 aromatic carbocycles. The standard InChI is InChI=1S/C13H19FN2O.ClH/c1-10(16-7-5-15-6-8-16)11-3-4-13(17-2)12(14)9-11;/h3-4,9-10,15H,5-8H2,1-2H3;1H/t10-;/m0./s1. The Kier molecular flexibility index (Phi) is 5.85. The molecule has 0 saturated carbocycles. The number of ether oxygens (including phenoxy) is 1. The topological polar surface area (TPSA) is 24.5 Å². The molecule has 0 amide bonds. The molecule has 1 heterocycles. The van der Waals surface area contributed by atoms with Gasteiger partial charge in [0, 0.05) is 32.2 Å². The number of nitrogens with one attached hydrogen (secondary N) is 1. The predicted octanol–water partition coefficient (Wildman–Crippen LogP) is 2.22. The van der Waals surface area contributed by atoms with Gasteiger partial charge in [0.2, 0.25) is 0 Å². The molecule has 102 valence electrons. The highest BCUT2D eigenvalue weighted by Gasteiger charge is 2.18. The molecule has 0 bridgehead atoms. The molecule has 1 aliphatic heterocycles. The number of hydrogen-bond acceptors (Lipinski definition) is 3. The molecule has 3 nitrogen and oxygen atoms in total. The average molecular weight is 275 g/mol. The van der Waals surface area contributed by atoms with E-state index in [2.05, 4.69) is 17.1 Å². The maximum Gasteiger partial charge on any atom is 0.165 e. The zero-order valence-electron chi connectivity index (χ0n) is 10.8. The molecule has 18 heavy (non-hydrogen) atoms. The molecule has 2 rings (SSSR count). The zero-order valence-corrected chi connectivity index (χ0v) is 11.6. The van der Waals surface area contributed by atoms with Crippen LogP contribution in [0.5, 0.6) is 5.75 Å². The van der Waals surface area contributed by atoms with Gasteiger partial charge < -0.3 is 10.1 Å². The van der Waals surface area contributed by atoms with Gasteiger partial charge in [-0.15, -0.1) is 12.4 Å². The first kappa shape index (κ1) is 15.2. The van der Waals surface area contributed by atoms with Gasteiger partial charge in [-0.05, 0) is 24.6 Å². The van der Waals surface area contributed by atoms with Crippen molar-refractivity contribution >= 4 is 12.4 Å². The molecule has 0 radical (unpaired) electrons. The summed E-state index contributed by atoms with van der Waals surface area (Å²) >= 11 is 0. The van der Waals surface area contributed by atoms with Gasteiger partial charge in [-0.1, -0.05) is 6.07 Å². The maximum atomic E-state index is 13.6. The molecule has 1 aromatic rings. The van der Waals surface area contributed by atoms with Crippen LogP contribution in [0.4, 0.5) is 4.39 Å². The Bertz CT molecular complexity index is 383. The number of benzene rings is 1. The van der Waals surface area contributed by atoms with Crippen LogP contribution in [0.1, 0.15) is 18.5 Å². The molecule has 0 spiro atoms. The summed E-state index contributed by atoms with van der Waals surface area (Å²) in [7, 11) is 1.48. The Morgan fingerprint density at radius 1 is 1.33 bits per heavy atom. The minimum Gasteiger partial charge on any atom is -0.494 e. The summed E-state index contributed by atoms with van der Waals surface area (Å²) in [5.74, 6) is 0.0215. The lowest BCUT2D eigenvalue weighted by Crippen LogP contribution is -2.44. The van der Waals surface area contributed by atoms with E-state index >= 15 is 0 Å². The fraction of sp³-hybridized carbons (Fsp3) is 0.538. The van der Waals surface area contributed by atoms with Gasteiger partial charge in [-0.3, -0.25) is 4.90 Å². The van der Waals surface area contributed by atoms with Gasteiger partial charge in [0.05, 0.1) is 7.11 Å². The number of rotatable bonds is 3. The molecule has 1 fully saturated rings. The molecular weight excluding hydrogens is 255 g/mol. The largest absolute Gasteiger partial charge is 0.494 e. The Morgan fingerprint density at radius 2 is 2.00 bits per heavy atom. The smallest absolute Gasteiger partial charge is 0.165 e. The van der Waals surface area contributed by atoms with Crippen molar-refractivity contribution in [2.24, 2.45) is 0 Å². The van der Waals surface area contributed by atoms with Crippen molar-refractivity contribution in [2.45, 2.75) is 13.0 Å². The molecule has 1 atom stereocenters. The third-order valence-electron chi connectivity index (χ3n) is 3.36. The summed E-state index contributed by atoms with van der Waals surface area (Å²) in [6.07, 6.45) is 0. The second-order valence-electron chi connectivity index (χ2n) is 4.36. The van der Waals surface area contributed by atoms with E-state index in [0.29, 0.717) is 5.75 Å². The number of nitrogens with zero attached hydrogens (tertiary/aromatic N) is 1. The molecule has 5 heteroatoms. The van der Waals surface area contributed by atoms with Crippen LogP contribution in [-0.4, -0.2) is 38.2 Å². The van der Waals surface area contributed by atoms with Crippen LogP contribution >= 0.6 is 12.4 Å². The number of hydrogen-bond donors (Lipinski definition) is 1. The summed E-state index contributed by atoms with van der Waals surface area (Å²) in [5, 5.41) is 3.31. The van der Waals surface area contributed by atoms with Crippen LogP contribution in [0, 0.1) is 5.82 Å². The first-order chi connectivity index (χ1) is 8.22. The molecular formula is C13H20ClFN2O. The van der Waals surface area contributed by atoms with Crippen molar-refractivity contribution in [2.75, 3.05) is 33.3 Å². The molecule has 1 aliphatic rings. The van der Waals surface area contributed by atoms with Crippen molar-refractivity contribution in [3.05, 3.63) is 29.6 Å². The van der Waals surface area contributed by atoms with Gasteiger partial charge >= 0.3 is 0 Å². The van der Waals surface area contributed by atoms with E-state index in [9.17, 15) is 4.39 Å². The number of halogens is 2. The van der Waals surface area contributed by atoms with Crippen LogP contribution in [0.25, 0.3) is 0 Å². The van der Waals surface area contributed by atoms with Gasteiger partial charge in [-0.2, -0.15) is 0 Å². The first-order valence-electron chi connectivity index (χ1n) is 6.00. The van der Waals surface area contributed by atoms with E-state index in [1.54, 1.807) is 12.1 Å². The van der Waals surface area contributed by atoms with E-state index < -0.39 is 0 Å². The van der Waals surface area contributed by atoms with Crippen molar-refractivity contribution < 1.29 is 9.13 Å².